The normalized spacial score (nSPS) is 18.4. The van der Waals surface area contributed by atoms with Crippen molar-refractivity contribution in [1.29, 1.82) is 0 Å². The van der Waals surface area contributed by atoms with Crippen LogP contribution in [0, 0.1) is 0 Å². The molecule has 0 atom stereocenters. The zero-order chi connectivity index (χ0) is 14.8. The molecule has 0 unspecified atom stereocenters. The average molecular weight is 288 g/mol. The number of nitrogens with one attached hydrogen (secondary N) is 1. The van der Waals surface area contributed by atoms with Crippen LogP contribution < -0.4 is 5.32 Å². The average Bonchev–Trinajstić information content (AvgIpc) is 2.91. The van der Waals surface area contributed by atoms with Gasteiger partial charge in [-0.1, -0.05) is 25.3 Å². The standard InChI is InChI=1S/C16H20N2O3/c19-15(20)11-6-7-12-9-18(10-13(12)8-11)16(21)17-14-4-2-1-3-5-14/h6-8,14H,1-5,9-10H2,(H,17,21)(H,19,20). The van der Waals surface area contributed by atoms with E-state index in [2.05, 4.69) is 5.32 Å². The first-order chi connectivity index (χ1) is 10.1. The second-order valence-electron chi connectivity index (χ2n) is 5.93. The summed E-state index contributed by atoms with van der Waals surface area (Å²) in [6.45, 7) is 1.06. The highest BCUT2D eigenvalue weighted by Crippen LogP contribution is 2.25. The summed E-state index contributed by atoms with van der Waals surface area (Å²) in [6, 6.07) is 5.35. The second-order valence-corrected chi connectivity index (χ2v) is 5.93. The molecular weight excluding hydrogens is 268 g/mol. The molecule has 1 aromatic carbocycles. The molecule has 1 heterocycles. The number of carbonyl (C=O) groups is 2. The van der Waals surface area contributed by atoms with Crippen molar-refractivity contribution in [3.8, 4) is 0 Å². The molecule has 0 spiro atoms. The fraction of sp³-hybridized carbons (Fsp3) is 0.500. The molecular formula is C16H20N2O3. The Labute approximate surface area is 123 Å². The molecule has 5 heteroatoms. The summed E-state index contributed by atoms with van der Waals surface area (Å²) in [4.78, 5) is 25.0. The number of carboxylic acids is 1. The van der Waals surface area contributed by atoms with E-state index in [1.807, 2.05) is 6.07 Å². The van der Waals surface area contributed by atoms with Crippen LogP contribution in [0.2, 0.25) is 0 Å². The van der Waals surface area contributed by atoms with Crippen molar-refractivity contribution < 1.29 is 14.7 Å². The number of carboxylic acid groups (broad SMARTS) is 1. The van der Waals surface area contributed by atoms with Gasteiger partial charge in [-0.25, -0.2) is 9.59 Å². The predicted molar refractivity (Wildman–Crippen MR) is 78.1 cm³/mol. The lowest BCUT2D eigenvalue weighted by atomic mass is 9.96. The summed E-state index contributed by atoms with van der Waals surface area (Å²) in [5.41, 5.74) is 2.26. The molecule has 2 N–H and O–H groups in total. The Morgan fingerprint density at radius 2 is 1.81 bits per heavy atom. The number of hydrogen-bond acceptors (Lipinski definition) is 2. The maximum Gasteiger partial charge on any atom is 0.335 e. The quantitative estimate of drug-likeness (QED) is 0.879. The third-order valence-corrected chi connectivity index (χ3v) is 4.40. The van der Waals surface area contributed by atoms with E-state index in [0.717, 1.165) is 24.0 Å². The lowest BCUT2D eigenvalue weighted by Crippen LogP contribution is -2.43. The van der Waals surface area contributed by atoms with Crippen molar-refractivity contribution in [3.63, 3.8) is 0 Å². The first kappa shape index (κ1) is 13.9. The van der Waals surface area contributed by atoms with Crippen LogP contribution in [0.4, 0.5) is 4.79 Å². The predicted octanol–water partition coefficient (Wildman–Crippen LogP) is 2.74. The lowest BCUT2D eigenvalue weighted by Gasteiger charge is -2.25. The van der Waals surface area contributed by atoms with Gasteiger partial charge in [0.1, 0.15) is 0 Å². The van der Waals surface area contributed by atoms with Crippen LogP contribution in [0.15, 0.2) is 18.2 Å². The highest BCUT2D eigenvalue weighted by atomic mass is 16.4. The Morgan fingerprint density at radius 1 is 1.10 bits per heavy atom. The molecule has 1 fully saturated rings. The molecule has 21 heavy (non-hydrogen) atoms. The fourth-order valence-corrected chi connectivity index (χ4v) is 3.18. The van der Waals surface area contributed by atoms with Crippen molar-refractivity contribution in [1.82, 2.24) is 10.2 Å². The van der Waals surface area contributed by atoms with Gasteiger partial charge in [0.15, 0.2) is 0 Å². The smallest absolute Gasteiger partial charge is 0.335 e. The van der Waals surface area contributed by atoms with Gasteiger partial charge < -0.3 is 15.3 Å². The summed E-state index contributed by atoms with van der Waals surface area (Å²) in [5, 5.41) is 12.1. The van der Waals surface area contributed by atoms with Crippen molar-refractivity contribution in [3.05, 3.63) is 34.9 Å². The van der Waals surface area contributed by atoms with Crippen LogP contribution in [0.1, 0.15) is 53.6 Å². The molecule has 3 rings (SSSR count). The third-order valence-electron chi connectivity index (χ3n) is 4.40. The maximum atomic E-state index is 12.3. The van der Waals surface area contributed by atoms with Crippen molar-refractivity contribution in [2.45, 2.75) is 51.2 Å². The van der Waals surface area contributed by atoms with E-state index in [9.17, 15) is 9.59 Å². The van der Waals surface area contributed by atoms with Crippen LogP contribution in [-0.2, 0) is 13.1 Å². The monoisotopic (exact) mass is 288 g/mol. The SMILES string of the molecule is O=C(O)c1ccc2c(c1)CN(C(=O)NC1CCCCC1)C2. The minimum absolute atomic E-state index is 0.0324. The Morgan fingerprint density at radius 3 is 2.52 bits per heavy atom. The van der Waals surface area contributed by atoms with Gasteiger partial charge in [0.25, 0.3) is 0 Å². The van der Waals surface area contributed by atoms with E-state index < -0.39 is 5.97 Å². The van der Waals surface area contributed by atoms with E-state index in [1.54, 1.807) is 17.0 Å². The molecule has 2 amide bonds. The van der Waals surface area contributed by atoms with Gasteiger partial charge in [-0.3, -0.25) is 0 Å². The van der Waals surface area contributed by atoms with Crippen LogP contribution in [0.25, 0.3) is 0 Å². The number of nitrogens with zero attached hydrogens (tertiary/aromatic N) is 1. The largest absolute Gasteiger partial charge is 0.478 e. The molecule has 2 aliphatic rings. The van der Waals surface area contributed by atoms with Gasteiger partial charge in [-0.15, -0.1) is 0 Å². The number of carbonyl (C=O) groups excluding carboxylic acids is 1. The molecule has 5 nitrogen and oxygen atoms in total. The first-order valence-corrected chi connectivity index (χ1v) is 7.54. The van der Waals surface area contributed by atoms with Gasteiger partial charge in [-0.2, -0.15) is 0 Å². The van der Waals surface area contributed by atoms with Crippen molar-refractivity contribution in [2.24, 2.45) is 0 Å². The van der Waals surface area contributed by atoms with Gasteiger partial charge in [0.2, 0.25) is 0 Å². The molecule has 1 saturated carbocycles. The van der Waals surface area contributed by atoms with Gasteiger partial charge in [0.05, 0.1) is 5.56 Å². The van der Waals surface area contributed by atoms with Crippen molar-refractivity contribution in [2.75, 3.05) is 0 Å². The zero-order valence-electron chi connectivity index (χ0n) is 12.0. The van der Waals surface area contributed by atoms with Gasteiger partial charge in [-0.05, 0) is 36.1 Å². The Bertz CT molecular complexity index is 565. The van der Waals surface area contributed by atoms with E-state index in [4.69, 9.17) is 5.11 Å². The molecule has 1 aromatic rings. The number of aromatic carboxylic acids is 1. The Kier molecular flexibility index (Phi) is 3.82. The maximum absolute atomic E-state index is 12.3. The van der Waals surface area contributed by atoms with Crippen LogP contribution in [0.5, 0.6) is 0 Å². The highest BCUT2D eigenvalue weighted by molar-refractivity contribution is 5.88. The summed E-state index contributed by atoms with van der Waals surface area (Å²) in [5.74, 6) is -0.928. The second kappa shape index (κ2) is 5.76. The van der Waals surface area contributed by atoms with Crippen LogP contribution >= 0.6 is 0 Å². The van der Waals surface area contributed by atoms with Crippen LogP contribution in [-0.4, -0.2) is 28.0 Å². The summed E-state index contributed by atoms with van der Waals surface area (Å²) in [6.07, 6.45) is 5.77. The summed E-state index contributed by atoms with van der Waals surface area (Å²) < 4.78 is 0. The molecule has 0 radical (unpaired) electrons. The number of benzene rings is 1. The molecule has 0 saturated heterocycles. The van der Waals surface area contributed by atoms with Gasteiger partial charge >= 0.3 is 12.0 Å². The van der Waals surface area contributed by atoms with Crippen LogP contribution in [0.3, 0.4) is 0 Å². The van der Waals surface area contributed by atoms with Crippen molar-refractivity contribution >= 4 is 12.0 Å². The zero-order valence-corrected chi connectivity index (χ0v) is 12.0. The lowest BCUT2D eigenvalue weighted by molar-refractivity contribution is 0.0696. The minimum atomic E-state index is -0.928. The van der Waals surface area contributed by atoms with Gasteiger partial charge in [0, 0.05) is 19.1 Å². The molecule has 112 valence electrons. The number of fused-ring (bicyclic) bond motifs is 1. The summed E-state index contributed by atoms with van der Waals surface area (Å²) >= 11 is 0. The molecule has 1 aliphatic heterocycles. The number of amides is 2. The number of hydrogen-bond donors (Lipinski definition) is 2. The first-order valence-electron chi connectivity index (χ1n) is 7.54. The highest BCUT2D eigenvalue weighted by Gasteiger charge is 2.26. The Hall–Kier alpha value is -2.04. The molecule has 0 aromatic heterocycles. The summed E-state index contributed by atoms with van der Waals surface area (Å²) in [7, 11) is 0. The topological polar surface area (TPSA) is 69.6 Å². The Balaban J connectivity index is 1.63. The molecule has 1 aliphatic carbocycles. The van der Waals surface area contributed by atoms with E-state index in [0.29, 0.717) is 19.1 Å². The fourth-order valence-electron chi connectivity index (χ4n) is 3.18. The van der Waals surface area contributed by atoms with E-state index >= 15 is 0 Å². The van der Waals surface area contributed by atoms with E-state index in [-0.39, 0.29) is 11.6 Å². The number of urea groups is 1. The van der Waals surface area contributed by atoms with E-state index in [1.165, 1.54) is 19.3 Å². The number of rotatable bonds is 2. The third kappa shape index (κ3) is 3.01. The minimum Gasteiger partial charge on any atom is -0.478 e. The molecule has 0 bridgehead atoms.